The summed E-state index contributed by atoms with van der Waals surface area (Å²) in [5, 5.41) is 11.5. The molecule has 1 spiro atoms. The van der Waals surface area contributed by atoms with E-state index < -0.39 is 12.6 Å². The summed E-state index contributed by atoms with van der Waals surface area (Å²) >= 11 is 1.11. The zero-order valence-electron chi connectivity index (χ0n) is 19.0. The molecule has 1 aliphatic carbocycles. The second-order valence-electron chi connectivity index (χ2n) is 9.71. The predicted molar refractivity (Wildman–Crippen MR) is 132 cm³/mol. The highest BCUT2D eigenvalue weighted by Gasteiger charge is 2.44. The van der Waals surface area contributed by atoms with Crippen molar-refractivity contribution in [2.75, 3.05) is 23.3 Å². The molecule has 1 saturated carbocycles. The summed E-state index contributed by atoms with van der Waals surface area (Å²) in [5.41, 5.74) is 3.31. The number of hydrogen-bond acceptors (Lipinski definition) is 6. The first kappa shape index (κ1) is 22.3. The van der Waals surface area contributed by atoms with Crippen molar-refractivity contribution in [3.8, 4) is 11.3 Å². The molecule has 1 aromatic carbocycles. The normalized spacial score (nSPS) is 22.5. The number of anilines is 2. The number of alkyl halides is 3. The van der Waals surface area contributed by atoms with Crippen LogP contribution < -0.4 is 10.2 Å². The van der Waals surface area contributed by atoms with Crippen molar-refractivity contribution < 1.29 is 13.2 Å². The zero-order chi connectivity index (χ0) is 24.0. The molecule has 1 aliphatic heterocycles. The lowest BCUT2D eigenvalue weighted by molar-refractivity contribution is -0.126. The number of nitrogens with one attached hydrogen (secondary N) is 2. The molecular formula is C25H25F3N6S. The van der Waals surface area contributed by atoms with E-state index >= 15 is 0 Å². The number of thiophene rings is 1. The van der Waals surface area contributed by atoms with Crippen LogP contribution in [0.5, 0.6) is 0 Å². The molecule has 6 rings (SSSR count). The molecule has 4 aromatic rings. The summed E-state index contributed by atoms with van der Waals surface area (Å²) in [5.74, 6) is 0.766. The van der Waals surface area contributed by atoms with E-state index in [1.54, 1.807) is 6.07 Å². The van der Waals surface area contributed by atoms with E-state index in [1.807, 2.05) is 12.3 Å². The van der Waals surface area contributed by atoms with Crippen LogP contribution in [-0.2, 0) is 6.42 Å². The van der Waals surface area contributed by atoms with Crippen LogP contribution in [-0.4, -0.2) is 45.5 Å². The molecule has 35 heavy (non-hydrogen) atoms. The average molecular weight is 499 g/mol. The molecule has 2 N–H and O–H groups in total. The maximum Gasteiger partial charge on any atom is 0.393 e. The van der Waals surface area contributed by atoms with Gasteiger partial charge in [-0.2, -0.15) is 18.3 Å². The Balaban J connectivity index is 1.13. The summed E-state index contributed by atoms with van der Waals surface area (Å²) < 4.78 is 38.7. The topological polar surface area (TPSA) is 69.7 Å². The number of rotatable bonds is 5. The van der Waals surface area contributed by atoms with Crippen LogP contribution in [0.2, 0.25) is 0 Å². The minimum atomic E-state index is -4.22. The number of benzene rings is 1. The summed E-state index contributed by atoms with van der Waals surface area (Å²) in [6.45, 7) is 1.74. The van der Waals surface area contributed by atoms with Crippen molar-refractivity contribution in [1.82, 2.24) is 20.2 Å². The highest BCUT2D eigenvalue weighted by molar-refractivity contribution is 7.18. The molecule has 3 aromatic heterocycles. The maximum absolute atomic E-state index is 12.9. The smallest absolute Gasteiger partial charge is 0.382 e. The molecule has 182 valence electrons. The van der Waals surface area contributed by atoms with Crippen molar-refractivity contribution in [3.63, 3.8) is 0 Å². The molecule has 0 bridgehead atoms. The van der Waals surface area contributed by atoms with Gasteiger partial charge >= 0.3 is 6.18 Å². The lowest BCUT2D eigenvalue weighted by atomic mass is 9.85. The molecule has 2 aliphatic rings. The van der Waals surface area contributed by atoms with Gasteiger partial charge in [-0.15, -0.1) is 11.3 Å². The van der Waals surface area contributed by atoms with Crippen molar-refractivity contribution in [2.45, 2.75) is 44.3 Å². The second kappa shape index (κ2) is 8.51. The van der Waals surface area contributed by atoms with Gasteiger partial charge in [0.05, 0.1) is 17.5 Å². The van der Waals surface area contributed by atoms with Gasteiger partial charge in [0.25, 0.3) is 0 Å². The first-order valence-corrected chi connectivity index (χ1v) is 12.6. The molecular weight excluding hydrogens is 473 g/mol. The average Bonchev–Trinajstić information content (AvgIpc) is 3.61. The fourth-order valence-corrected chi connectivity index (χ4v) is 6.66. The van der Waals surface area contributed by atoms with Crippen molar-refractivity contribution >= 4 is 33.1 Å². The van der Waals surface area contributed by atoms with Gasteiger partial charge in [-0.25, -0.2) is 9.97 Å². The number of hydrogen-bond donors (Lipinski definition) is 2. The van der Waals surface area contributed by atoms with Crippen LogP contribution in [0.15, 0.2) is 48.9 Å². The summed E-state index contributed by atoms with van der Waals surface area (Å²) in [6, 6.07) is 12.3. The molecule has 6 nitrogen and oxygen atoms in total. The number of halogens is 3. The van der Waals surface area contributed by atoms with Crippen LogP contribution in [0.25, 0.3) is 21.5 Å². The van der Waals surface area contributed by atoms with E-state index in [2.05, 4.69) is 54.6 Å². The number of nitrogens with zero attached hydrogens (tertiary/aromatic N) is 4. The van der Waals surface area contributed by atoms with Gasteiger partial charge in [0.1, 0.15) is 17.0 Å². The molecule has 0 radical (unpaired) electrons. The first-order chi connectivity index (χ1) is 16.9. The Bertz CT molecular complexity index is 1320. The van der Waals surface area contributed by atoms with Gasteiger partial charge in [-0.05, 0) is 55.4 Å². The van der Waals surface area contributed by atoms with E-state index in [9.17, 15) is 13.2 Å². The Morgan fingerprint density at radius 3 is 2.77 bits per heavy atom. The molecule has 10 heteroatoms. The van der Waals surface area contributed by atoms with E-state index in [0.717, 1.165) is 78.3 Å². The highest BCUT2D eigenvalue weighted by atomic mass is 32.1. The third kappa shape index (κ3) is 4.59. The van der Waals surface area contributed by atoms with E-state index in [0.29, 0.717) is 10.9 Å². The largest absolute Gasteiger partial charge is 0.393 e. The molecule has 0 unspecified atom stereocenters. The maximum atomic E-state index is 12.9. The Morgan fingerprint density at radius 1 is 1.14 bits per heavy atom. The van der Waals surface area contributed by atoms with Crippen molar-refractivity contribution in [2.24, 2.45) is 5.41 Å². The Morgan fingerprint density at radius 2 is 2.00 bits per heavy atom. The summed E-state index contributed by atoms with van der Waals surface area (Å²) in [6.07, 6.45) is 2.51. The Kier molecular flexibility index (Phi) is 5.43. The molecule has 2 atom stereocenters. The van der Waals surface area contributed by atoms with Gasteiger partial charge in [0.2, 0.25) is 0 Å². The fraction of sp³-hybridized carbons (Fsp3) is 0.400. The molecule has 1 saturated heterocycles. The van der Waals surface area contributed by atoms with Crippen molar-refractivity contribution in [3.05, 3.63) is 53.8 Å². The van der Waals surface area contributed by atoms with Gasteiger partial charge in [-0.1, -0.05) is 12.1 Å². The first-order valence-electron chi connectivity index (χ1n) is 11.8. The van der Waals surface area contributed by atoms with Gasteiger partial charge in [-0.3, -0.25) is 5.10 Å². The Labute approximate surface area is 204 Å². The van der Waals surface area contributed by atoms with Crippen LogP contribution >= 0.6 is 11.3 Å². The van der Waals surface area contributed by atoms with Crippen LogP contribution in [0.3, 0.4) is 0 Å². The third-order valence-corrected chi connectivity index (χ3v) is 8.27. The number of aromatic nitrogens is 4. The third-order valence-electron chi connectivity index (χ3n) is 7.23. The minimum Gasteiger partial charge on any atom is -0.382 e. The van der Waals surface area contributed by atoms with E-state index in [4.69, 9.17) is 0 Å². The van der Waals surface area contributed by atoms with Crippen LogP contribution in [0.4, 0.5) is 24.7 Å². The Hall–Kier alpha value is -3.14. The van der Waals surface area contributed by atoms with E-state index in [1.165, 1.54) is 6.33 Å². The number of aromatic amines is 1. The fourth-order valence-electron chi connectivity index (χ4n) is 5.64. The summed E-state index contributed by atoms with van der Waals surface area (Å²) in [4.78, 5) is 11.9. The lowest BCUT2D eigenvalue weighted by Crippen LogP contribution is -2.27. The van der Waals surface area contributed by atoms with Crippen LogP contribution in [0, 0.1) is 5.41 Å². The SMILES string of the molecule is FC(F)(F)Cc1cc2c(N3CC[C@@]4(CC[C@H](Nc5ccc(-c6cc[nH]n6)cc5)C4)C3)ncnc2s1. The lowest BCUT2D eigenvalue weighted by Gasteiger charge is -2.25. The number of H-pyrrole nitrogens is 1. The second-order valence-corrected chi connectivity index (χ2v) is 10.8. The summed E-state index contributed by atoms with van der Waals surface area (Å²) in [7, 11) is 0. The quantitative estimate of drug-likeness (QED) is 0.351. The zero-order valence-corrected chi connectivity index (χ0v) is 19.8. The van der Waals surface area contributed by atoms with Gasteiger partial charge in [0, 0.05) is 41.5 Å². The molecule has 2 fully saturated rings. The van der Waals surface area contributed by atoms with E-state index in [-0.39, 0.29) is 10.3 Å². The van der Waals surface area contributed by atoms with Gasteiger partial charge in [0.15, 0.2) is 0 Å². The molecule has 4 heterocycles. The monoisotopic (exact) mass is 498 g/mol. The standard InChI is InChI=1S/C25H25F3N6S/c26-25(27,28)13-19-11-20-22(29-15-30-23(20)35-19)34-10-8-24(14-34)7-5-18(12-24)32-17-3-1-16(2-4-17)21-6-9-31-33-21/h1-4,6,9,11,15,18,32H,5,7-8,10,12-14H2,(H,31,33)/t18-,24+/m0/s1. The molecule has 0 amide bonds. The number of fused-ring (bicyclic) bond motifs is 1. The highest BCUT2D eigenvalue weighted by Crippen LogP contribution is 2.48. The van der Waals surface area contributed by atoms with Crippen LogP contribution in [0.1, 0.15) is 30.6 Å². The minimum absolute atomic E-state index is 0.203. The van der Waals surface area contributed by atoms with Crippen molar-refractivity contribution in [1.29, 1.82) is 0 Å². The van der Waals surface area contributed by atoms with Gasteiger partial charge < -0.3 is 10.2 Å². The predicted octanol–water partition coefficient (Wildman–Crippen LogP) is 6.05.